The van der Waals surface area contributed by atoms with E-state index in [1.807, 2.05) is 6.92 Å². The minimum atomic E-state index is -0.327. The van der Waals surface area contributed by atoms with Gasteiger partial charge in [-0.05, 0) is 30.7 Å². The Hall–Kier alpha value is -1.22. The van der Waals surface area contributed by atoms with Crippen LogP contribution in [-0.4, -0.2) is 12.3 Å². The fourth-order valence-electron chi connectivity index (χ4n) is 1.55. The van der Waals surface area contributed by atoms with Gasteiger partial charge >= 0.3 is 0 Å². The first-order chi connectivity index (χ1) is 7.19. The Labute approximate surface area is 89.3 Å². The van der Waals surface area contributed by atoms with Gasteiger partial charge in [0.05, 0.1) is 0 Å². The maximum Gasteiger partial charge on any atom is 0.167 e. The third-order valence-corrected chi connectivity index (χ3v) is 2.42. The van der Waals surface area contributed by atoms with Crippen LogP contribution < -0.4 is 5.73 Å². The highest BCUT2D eigenvalue weighted by atomic mass is 19.1. The van der Waals surface area contributed by atoms with E-state index in [1.165, 1.54) is 24.3 Å². The van der Waals surface area contributed by atoms with Crippen molar-refractivity contribution in [1.29, 1.82) is 0 Å². The molecule has 0 saturated carbocycles. The van der Waals surface area contributed by atoms with Crippen molar-refractivity contribution in [1.82, 2.24) is 0 Å². The molecule has 3 heteroatoms. The molecule has 0 aliphatic carbocycles. The summed E-state index contributed by atoms with van der Waals surface area (Å²) in [6, 6.07) is 5.62. The second-order valence-corrected chi connectivity index (χ2v) is 3.59. The molecule has 1 aromatic carbocycles. The number of hydrogen-bond acceptors (Lipinski definition) is 2. The third kappa shape index (κ3) is 3.13. The van der Waals surface area contributed by atoms with Crippen LogP contribution in [0.25, 0.3) is 0 Å². The number of carbonyl (C=O) groups excluding carboxylic acids is 1. The molecule has 0 amide bonds. The summed E-state index contributed by atoms with van der Waals surface area (Å²) in [5.74, 6) is -0.453. The van der Waals surface area contributed by atoms with Crippen molar-refractivity contribution >= 4 is 5.78 Å². The first-order valence-corrected chi connectivity index (χ1v) is 5.19. The van der Waals surface area contributed by atoms with E-state index in [9.17, 15) is 9.18 Å². The van der Waals surface area contributed by atoms with E-state index in [0.29, 0.717) is 12.1 Å². The fraction of sp³-hybridized carbons (Fsp3) is 0.417. The predicted octanol–water partition coefficient (Wildman–Crippen LogP) is 2.38. The topological polar surface area (TPSA) is 43.1 Å². The van der Waals surface area contributed by atoms with Crippen LogP contribution in [-0.2, 0) is 0 Å². The number of nitrogens with two attached hydrogens (primary N) is 1. The molecule has 0 saturated heterocycles. The van der Waals surface area contributed by atoms with E-state index in [2.05, 4.69) is 0 Å². The summed E-state index contributed by atoms with van der Waals surface area (Å²) >= 11 is 0. The first-order valence-electron chi connectivity index (χ1n) is 5.19. The van der Waals surface area contributed by atoms with Crippen LogP contribution in [0.3, 0.4) is 0 Å². The molecule has 2 N–H and O–H groups in total. The second kappa shape index (κ2) is 5.61. The van der Waals surface area contributed by atoms with Crippen LogP contribution >= 0.6 is 0 Å². The highest BCUT2D eigenvalue weighted by Gasteiger charge is 2.17. The van der Waals surface area contributed by atoms with Gasteiger partial charge in [-0.3, -0.25) is 4.79 Å². The van der Waals surface area contributed by atoms with Crippen molar-refractivity contribution in [3.8, 4) is 0 Å². The quantitative estimate of drug-likeness (QED) is 0.756. The smallest absolute Gasteiger partial charge is 0.167 e. The zero-order chi connectivity index (χ0) is 11.3. The number of hydrogen-bond donors (Lipinski definition) is 1. The lowest BCUT2D eigenvalue weighted by Crippen LogP contribution is -2.23. The minimum absolute atomic E-state index is 0.0133. The van der Waals surface area contributed by atoms with Gasteiger partial charge in [-0.1, -0.05) is 13.3 Å². The predicted molar refractivity (Wildman–Crippen MR) is 58.2 cm³/mol. The number of ketones is 1. The third-order valence-electron chi connectivity index (χ3n) is 2.42. The van der Waals surface area contributed by atoms with Crippen molar-refractivity contribution < 1.29 is 9.18 Å². The molecule has 1 unspecified atom stereocenters. The summed E-state index contributed by atoms with van der Waals surface area (Å²) in [7, 11) is 0. The summed E-state index contributed by atoms with van der Waals surface area (Å²) in [6.07, 6.45) is 1.71. The van der Waals surface area contributed by atoms with Gasteiger partial charge in [0.15, 0.2) is 5.78 Å². The van der Waals surface area contributed by atoms with Gasteiger partial charge in [0.25, 0.3) is 0 Å². The van der Waals surface area contributed by atoms with Crippen LogP contribution in [0.5, 0.6) is 0 Å². The monoisotopic (exact) mass is 209 g/mol. The Morgan fingerprint density at radius 1 is 1.40 bits per heavy atom. The lowest BCUT2D eigenvalue weighted by Gasteiger charge is -2.12. The molecule has 0 aliphatic rings. The van der Waals surface area contributed by atoms with Crippen molar-refractivity contribution in [2.75, 3.05) is 6.54 Å². The SMILES string of the molecule is CCCC(CN)C(=O)c1ccc(F)cc1. The number of halogens is 1. The average molecular weight is 209 g/mol. The lowest BCUT2D eigenvalue weighted by atomic mass is 9.94. The normalized spacial score (nSPS) is 12.5. The van der Waals surface area contributed by atoms with E-state index in [4.69, 9.17) is 5.73 Å². The van der Waals surface area contributed by atoms with Gasteiger partial charge in [0.1, 0.15) is 5.82 Å². The maximum atomic E-state index is 12.6. The summed E-state index contributed by atoms with van der Waals surface area (Å²) < 4.78 is 12.6. The molecule has 1 atom stereocenters. The minimum Gasteiger partial charge on any atom is -0.330 e. The average Bonchev–Trinajstić information content (AvgIpc) is 2.26. The molecule has 0 fully saturated rings. The summed E-state index contributed by atoms with van der Waals surface area (Å²) in [5, 5.41) is 0. The second-order valence-electron chi connectivity index (χ2n) is 3.59. The largest absolute Gasteiger partial charge is 0.330 e. The standard InChI is InChI=1S/C12H16FNO/c1-2-3-10(8-14)12(15)9-4-6-11(13)7-5-9/h4-7,10H,2-3,8,14H2,1H3. The van der Waals surface area contributed by atoms with Gasteiger partial charge in [0, 0.05) is 18.0 Å². The van der Waals surface area contributed by atoms with Crippen LogP contribution in [0.1, 0.15) is 30.1 Å². The highest BCUT2D eigenvalue weighted by molar-refractivity contribution is 5.97. The highest BCUT2D eigenvalue weighted by Crippen LogP contribution is 2.13. The zero-order valence-electron chi connectivity index (χ0n) is 8.87. The van der Waals surface area contributed by atoms with E-state index < -0.39 is 0 Å². The molecule has 0 aliphatic heterocycles. The van der Waals surface area contributed by atoms with E-state index in [1.54, 1.807) is 0 Å². The van der Waals surface area contributed by atoms with Crippen molar-refractivity contribution in [2.24, 2.45) is 11.7 Å². The number of Topliss-reactive ketones (excluding diaryl/α,β-unsaturated/α-hetero) is 1. The molecule has 1 rings (SSSR count). The van der Waals surface area contributed by atoms with E-state index >= 15 is 0 Å². The Morgan fingerprint density at radius 2 is 2.00 bits per heavy atom. The molecular formula is C12H16FNO. The van der Waals surface area contributed by atoms with Gasteiger partial charge < -0.3 is 5.73 Å². The zero-order valence-corrected chi connectivity index (χ0v) is 8.87. The molecule has 1 aromatic rings. The Kier molecular flexibility index (Phi) is 4.43. The van der Waals surface area contributed by atoms with Gasteiger partial charge in [-0.2, -0.15) is 0 Å². The van der Waals surface area contributed by atoms with E-state index in [-0.39, 0.29) is 17.5 Å². The lowest BCUT2D eigenvalue weighted by molar-refractivity contribution is 0.0917. The number of carbonyl (C=O) groups is 1. The fourth-order valence-corrected chi connectivity index (χ4v) is 1.55. The Morgan fingerprint density at radius 3 is 2.47 bits per heavy atom. The maximum absolute atomic E-state index is 12.6. The first kappa shape index (κ1) is 11.9. The van der Waals surface area contributed by atoms with Crippen LogP contribution in [0.2, 0.25) is 0 Å². The van der Waals surface area contributed by atoms with Gasteiger partial charge in [-0.15, -0.1) is 0 Å². The van der Waals surface area contributed by atoms with Crippen LogP contribution in [0.15, 0.2) is 24.3 Å². The Bertz CT molecular complexity index is 321. The molecule has 15 heavy (non-hydrogen) atoms. The molecule has 0 radical (unpaired) electrons. The molecule has 2 nitrogen and oxygen atoms in total. The van der Waals surface area contributed by atoms with Crippen molar-refractivity contribution in [2.45, 2.75) is 19.8 Å². The molecule has 0 aromatic heterocycles. The number of rotatable bonds is 5. The Balaban J connectivity index is 2.78. The summed E-state index contributed by atoms with van der Waals surface area (Å²) in [5.41, 5.74) is 6.07. The van der Waals surface area contributed by atoms with Crippen molar-refractivity contribution in [3.63, 3.8) is 0 Å². The summed E-state index contributed by atoms with van der Waals surface area (Å²) in [4.78, 5) is 11.9. The van der Waals surface area contributed by atoms with Crippen molar-refractivity contribution in [3.05, 3.63) is 35.6 Å². The number of benzene rings is 1. The van der Waals surface area contributed by atoms with Gasteiger partial charge in [-0.25, -0.2) is 4.39 Å². The molecule has 0 spiro atoms. The molecule has 0 heterocycles. The molecule has 0 bridgehead atoms. The van der Waals surface area contributed by atoms with Crippen LogP contribution in [0, 0.1) is 11.7 Å². The van der Waals surface area contributed by atoms with Gasteiger partial charge in [0.2, 0.25) is 0 Å². The van der Waals surface area contributed by atoms with E-state index in [0.717, 1.165) is 12.8 Å². The molecular weight excluding hydrogens is 193 g/mol. The summed E-state index contributed by atoms with van der Waals surface area (Å²) in [6.45, 7) is 2.37. The molecule has 82 valence electrons. The van der Waals surface area contributed by atoms with Crippen LogP contribution in [0.4, 0.5) is 4.39 Å².